The number of hydrogen-bond acceptors (Lipinski definition) is 3. The summed E-state index contributed by atoms with van der Waals surface area (Å²) in [7, 11) is 0. The predicted octanol–water partition coefficient (Wildman–Crippen LogP) is 2.64. The number of nitrogens with zero attached hydrogens (tertiary/aromatic N) is 1. The van der Waals surface area contributed by atoms with Gasteiger partial charge < -0.3 is 5.11 Å². The van der Waals surface area contributed by atoms with Crippen molar-refractivity contribution in [2.24, 2.45) is 0 Å². The minimum absolute atomic E-state index is 0.0462. The molecule has 1 rings (SSSR count). The summed E-state index contributed by atoms with van der Waals surface area (Å²) in [5.74, 6) is -0.151. The molecule has 0 aliphatic carbocycles. The van der Waals surface area contributed by atoms with Crippen molar-refractivity contribution in [2.45, 2.75) is 26.2 Å². The minimum Gasteiger partial charge on any atom is -0.507 e. The number of rotatable bonds is 4. The number of benzene rings is 1. The van der Waals surface area contributed by atoms with Crippen LogP contribution in [0.15, 0.2) is 18.2 Å². The van der Waals surface area contributed by atoms with Gasteiger partial charge in [-0.1, -0.05) is 13.3 Å². The van der Waals surface area contributed by atoms with E-state index in [1.54, 1.807) is 0 Å². The van der Waals surface area contributed by atoms with Crippen LogP contribution in [0.3, 0.4) is 0 Å². The Morgan fingerprint density at radius 1 is 1.53 bits per heavy atom. The van der Waals surface area contributed by atoms with Crippen molar-refractivity contribution in [2.75, 3.05) is 0 Å². The highest BCUT2D eigenvalue weighted by atomic mass is 16.3. The number of carbonyl (C=O) groups is 1. The van der Waals surface area contributed by atoms with Gasteiger partial charge in [0.25, 0.3) is 0 Å². The molecule has 1 aromatic rings. The Hall–Kier alpha value is -1.82. The molecule has 0 unspecified atom stereocenters. The first-order valence-electron chi connectivity index (χ1n) is 4.95. The lowest BCUT2D eigenvalue weighted by Crippen LogP contribution is -1.99. The van der Waals surface area contributed by atoms with E-state index in [9.17, 15) is 9.90 Å². The molecule has 0 aromatic heterocycles. The summed E-state index contributed by atoms with van der Waals surface area (Å²) in [6.45, 7) is 2.00. The number of ketones is 1. The Morgan fingerprint density at radius 3 is 2.87 bits per heavy atom. The zero-order valence-electron chi connectivity index (χ0n) is 8.66. The van der Waals surface area contributed by atoms with E-state index in [4.69, 9.17) is 5.26 Å². The molecule has 0 aliphatic heterocycles. The number of phenolic OH excluding ortho intramolecular Hbond substituents is 1. The molecule has 0 saturated heterocycles. The van der Waals surface area contributed by atoms with Crippen LogP contribution in [0.2, 0.25) is 0 Å². The summed E-state index contributed by atoms with van der Waals surface area (Å²) in [4.78, 5) is 11.6. The van der Waals surface area contributed by atoms with Gasteiger partial charge in [0.2, 0.25) is 0 Å². The van der Waals surface area contributed by atoms with Crippen LogP contribution in [0.5, 0.6) is 5.75 Å². The molecule has 3 nitrogen and oxygen atoms in total. The summed E-state index contributed by atoms with van der Waals surface area (Å²) in [6.07, 6.45) is 2.15. The van der Waals surface area contributed by atoms with Crippen molar-refractivity contribution in [1.29, 1.82) is 5.26 Å². The van der Waals surface area contributed by atoms with Crippen LogP contribution in [0, 0.1) is 11.3 Å². The number of aromatic hydroxyl groups is 1. The molecule has 15 heavy (non-hydrogen) atoms. The maximum Gasteiger partial charge on any atom is 0.166 e. The molecule has 0 atom stereocenters. The van der Waals surface area contributed by atoms with Crippen LogP contribution in [-0.2, 0) is 0 Å². The van der Waals surface area contributed by atoms with E-state index in [-0.39, 0.29) is 17.1 Å². The molecule has 0 heterocycles. The molecule has 0 fully saturated rings. The van der Waals surface area contributed by atoms with Gasteiger partial charge in [-0.2, -0.15) is 5.26 Å². The molecule has 0 radical (unpaired) electrons. The predicted molar refractivity (Wildman–Crippen MR) is 56.7 cm³/mol. The van der Waals surface area contributed by atoms with E-state index in [2.05, 4.69) is 0 Å². The number of phenols is 1. The minimum atomic E-state index is -0.105. The van der Waals surface area contributed by atoms with Crippen molar-refractivity contribution in [3.05, 3.63) is 29.3 Å². The lowest BCUT2D eigenvalue weighted by Gasteiger charge is -2.03. The topological polar surface area (TPSA) is 61.1 Å². The molecule has 1 aromatic carbocycles. The van der Waals surface area contributed by atoms with Gasteiger partial charge in [-0.15, -0.1) is 0 Å². The van der Waals surface area contributed by atoms with E-state index in [0.717, 1.165) is 12.8 Å². The average Bonchev–Trinajstić information content (AvgIpc) is 2.26. The Kier molecular flexibility index (Phi) is 3.87. The lowest BCUT2D eigenvalue weighted by molar-refractivity contribution is 0.0977. The number of carbonyl (C=O) groups excluding carboxylic acids is 1. The van der Waals surface area contributed by atoms with E-state index in [1.165, 1.54) is 18.2 Å². The molecular weight excluding hydrogens is 190 g/mol. The summed E-state index contributed by atoms with van der Waals surface area (Å²) in [5, 5.41) is 18.1. The van der Waals surface area contributed by atoms with Gasteiger partial charge in [0.15, 0.2) is 5.78 Å². The molecule has 0 spiro atoms. The fraction of sp³-hybridized carbons (Fsp3) is 0.333. The zero-order chi connectivity index (χ0) is 11.3. The lowest BCUT2D eigenvalue weighted by atomic mass is 10.0. The van der Waals surface area contributed by atoms with Gasteiger partial charge in [0, 0.05) is 6.42 Å². The maximum atomic E-state index is 11.6. The summed E-state index contributed by atoms with van der Waals surface area (Å²) < 4.78 is 0. The van der Waals surface area contributed by atoms with E-state index in [1.807, 2.05) is 13.0 Å². The van der Waals surface area contributed by atoms with Crippen LogP contribution in [-0.4, -0.2) is 10.9 Å². The molecule has 0 aliphatic rings. The maximum absolute atomic E-state index is 11.6. The Labute approximate surface area is 89.0 Å². The number of hydrogen-bond donors (Lipinski definition) is 1. The molecule has 1 N–H and O–H groups in total. The highest BCUT2D eigenvalue weighted by Gasteiger charge is 2.11. The van der Waals surface area contributed by atoms with Crippen molar-refractivity contribution in [3.63, 3.8) is 0 Å². The average molecular weight is 203 g/mol. The van der Waals surface area contributed by atoms with Crippen LogP contribution < -0.4 is 0 Å². The van der Waals surface area contributed by atoms with Crippen molar-refractivity contribution < 1.29 is 9.90 Å². The highest BCUT2D eigenvalue weighted by molar-refractivity contribution is 5.98. The summed E-state index contributed by atoms with van der Waals surface area (Å²) in [5.41, 5.74) is 0.648. The largest absolute Gasteiger partial charge is 0.507 e. The fourth-order valence-corrected chi connectivity index (χ4v) is 1.30. The number of nitriles is 1. The van der Waals surface area contributed by atoms with Crippen molar-refractivity contribution in [1.82, 2.24) is 0 Å². The second-order valence-corrected chi connectivity index (χ2v) is 3.37. The third kappa shape index (κ3) is 2.81. The Bertz CT molecular complexity index is 405. The van der Waals surface area contributed by atoms with Crippen LogP contribution in [0.1, 0.15) is 42.1 Å². The zero-order valence-corrected chi connectivity index (χ0v) is 8.66. The summed E-state index contributed by atoms with van der Waals surface area (Å²) >= 11 is 0. The van der Waals surface area contributed by atoms with Crippen LogP contribution >= 0.6 is 0 Å². The highest BCUT2D eigenvalue weighted by Crippen LogP contribution is 2.20. The SMILES string of the molecule is CCCCC(=O)c1cc(C#N)ccc1O. The molecule has 0 bridgehead atoms. The molecule has 3 heteroatoms. The first kappa shape index (κ1) is 11.3. The first-order chi connectivity index (χ1) is 7.19. The van der Waals surface area contributed by atoms with Gasteiger partial charge in [-0.3, -0.25) is 4.79 Å². The van der Waals surface area contributed by atoms with E-state index in [0.29, 0.717) is 12.0 Å². The standard InChI is InChI=1S/C12H13NO2/c1-2-3-4-11(14)10-7-9(8-13)5-6-12(10)15/h5-7,15H,2-4H2,1H3. The summed E-state index contributed by atoms with van der Waals surface area (Å²) in [6, 6.07) is 6.26. The van der Waals surface area contributed by atoms with Crippen molar-refractivity contribution >= 4 is 5.78 Å². The third-order valence-electron chi connectivity index (χ3n) is 2.18. The Morgan fingerprint density at radius 2 is 2.27 bits per heavy atom. The van der Waals surface area contributed by atoms with Crippen LogP contribution in [0.25, 0.3) is 0 Å². The normalized spacial score (nSPS) is 9.60. The van der Waals surface area contributed by atoms with Gasteiger partial charge in [0.1, 0.15) is 5.75 Å². The molecule has 0 amide bonds. The quantitative estimate of drug-likeness (QED) is 0.765. The molecule has 78 valence electrons. The van der Waals surface area contributed by atoms with Gasteiger partial charge >= 0.3 is 0 Å². The first-order valence-corrected chi connectivity index (χ1v) is 4.95. The third-order valence-corrected chi connectivity index (χ3v) is 2.18. The second-order valence-electron chi connectivity index (χ2n) is 3.37. The van der Waals surface area contributed by atoms with Gasteiger partial charge in [0.05, 0.1) is 17.2 Å². The fourth-order valence-electron chi connectivity index (χ4n) is 1.30. The monoisotopic (exact) mass is 203 g/mol. The van der Waals surface area contributed by atoms with E-state index < -0.39 is 0 Å². The van der Waals surface area contributed by atoms with Crippen LogP contribution in [0.4, 0.5) is 0 Å². The molecular formula is C12H13NO2. The van der Waals surface area contributed by atoms with E-state index >= 15 is 0 Å². The number of Topliss-reactive ketones (excluding diaryl/α,β-unsaturated/α-hetero) is 1. The Balaban J connectivity index is 2.93. The molecule has 0 saturated carbocycles. The smallest absolute Gasteiger partial charge is 0.166 e. The van der Waals surface area contributed by atoms with Gasteiger partial charge in [-0.25, -0.2) is 0 Å². The number of unbranched alkanes of at least 4 members (excludes halogenated alkanes) is 1. The van der Waals surface area contributed by atoms with Crippen molar-refractivity contribution in [3.8, 4) is 11.8 Å². The second kappa shape index (κ2) is 5.16. The van der Waals surface area contributed by atoms with Gasteiger partial charge in [-0.05, 0) is 24.6 Å².